The number of nitrogens with zero attached hydrogens (tertiary/aromatic N) is 3. The van der Waals surface area contributed by atoms with Crippen LogP contribution in [0.5, 0.6) is 0 Å². The molecule has 0 saturated carbocycles. The minimum Gasteiger partial charge on any atom is -0.353 e. The second-order valence-electron chi connectivity index (χ2n) is 4.51. The largest absolute Gasteiger partial charge is 0.353 e. The topological polar surface area (TPSA) is 40.0 Å². The zero-order valence-electron chi connectivity index (χ0n) is 11.3. The first-order valence-electron chi connectivity index (χ1n) is 6.38. The van der Waals surface area contributed by atoms with Gasteiger partial charge in [0.1, 0.15) is 0 Å². The van der Waals surface area contributed by atoms with Gasteiger partial charge in [0.2, 0.25) is 5.96 Å². The van der Waals surface area contributed by atoms with E-state index < -0.39 is 0 Å². The zero-order valence-corrected chi connectivity index (χ0v) is 13.6. The summed E-state index contributed by atoms with van der Waals surface area (Å²) in [6.45, 7) is 1.72. The van der Waals surface area contributed by atoms with Gasteiger partial charge in [-0.15, -0.1) is 24.0 Å². The van der Waals surface area contributed by atoms with Gasteiger partial charge in [0.25, 0.3) is 0 Å². The molecule has 4 nitrogen and oxygen atoms in total. The molecule has 0 radical (unpaired) electrons. The first kappa shape index (κ1) is 14.8. The lowest BCUT2D eigenvalue weighted by atomic mass is 10.1. The predicted octanol–water partition coefficient (Wildman–Crippen LogP) is 2.68. The van der Waals surface area contributed by atoms with Gasteiger partial charge < -0.3 is 5.32 Å². The summed E-state index contributed by atoms with van der Waals surface area (Å²) in [5.74, 6) is 0.831. The average molecular weight is 380 g/mol. The van der Waals surface area contributed by atoms with E-state index in [1.165, 1.54) is 10.8 Å². The minimum absolute atomic E-state index is 0. The van der Waals surface area contributed by atoms with Gasteiger partial charge in [0.05, 0.1) is 12.8 Å². The van der Waals surface area contributed by atoms with Crippen LogP contribution in [0.3, 0.4) is 0 Å². The Kier molecular flexibility index (Phi) is 4.94. The van der Waals surface area contributed by atoms with Crippen molar-refractivity contribution >= 4 is 46.9 Å². The van der Waals surface area contributed by atoms with E-state index in [9.17, 15) is 0 Å². The molecule has 104 valence electrons. The number of fused-ring (bicyclic) bond motifs is 1. The van der Waals surface area contributed by atoms with Crippen LogP contribution in [0.1, 0.15) is 5.56 Å². The van der Waals surface area contributed by atoms with E-state index in [0.29, 0.717) is 0 Å². The molecular formula is C15H17IN4. The number of benzene rings is 2. The molecule has 0 atom stereocenters. The number of rotatable bonds is 2. The van der Waals surface area contributed by atoms with Crippen LogP contribution >= 0.6 is 24.0 Å². The van der Waals surface area contributed by atoms with Crippen molar-refractivity contribution in [3.05, 3.63) is 48.0 Å². The van der Waals surface area contributed by atoms with Crippen LogP contribution in [0.2, 0.25) is 0 Å². The van der Waals surface area contributed by atoms with Crippen molar-refractivity contribution in [3.63, 3.8) is 0 Å². The number of hydrogen-bond donors (Lipinski definition) is 1. The fourth-order valence-corrected chi connectivity index (χ4v) is 2.10. The maximum absolute atomic E-state index is 4.40. The fraction of sp³-hybridized carbons (Fsp3) is 0.200. The minimum atomic E-state index is 0. The standard InChI is InChI=1S/C15H16N4.HI/c1-19(15-16-8-9-17-15)18-11-12-6-7-13-4-2-3-5-14(13)10-12;/h2-7,10-11H,8-9H2,1H3,(H,16,17);1H/b18-11-;. The number of halogens is 1. The molecule has 0 unspecified atom stereocenters. The average Bonchev–Trinajstić information content (AvgIpc) is 2.99. The van der Waals surface area contributed by atoms with Gasteiger partial charge in [-0.25, -0.2) is 10.0 Å². The van der Waals surface area contributed by atoms with E-state index in [0.717, 1.165) is 24.6 Å². The summed E-state index contributed by atoms with van der Waals surface area (Å²) < 4.78 is 0. The summed E-state index contributed by atoms with van der Waals surface area (Å²) in [7, 11) is 1.90. The molecule has 1 aliphatic heterocycles. The Hall–Kier alpha value is -1.63. The van der Waals surface area contributed by atoms with Crippen LogP contribution in [0.4, 0.5) is 0 Å². The molecule has 1 aliphatic rings. The molecule has 0 aromatic heterocycles. The Morgan fingerprint density at radius 3 is 2.75 bits per heavy atom. The Labute approximate surface area is 135 Å². The molecule has 0 bridgehead atoms. The summed E-state index contributed by atoms with van der Waals surface area (Å²) in [6.07, 6.45) is 1.86. The number of hydrogen-bond acceptors (Lipinski definition) is 4. The van der Waals surface area contributed by atoms with Crippen molar-refractivity contribution in [1.82, 2.24) is 10.3 Å². The fourth-order valence-electron chi connectivity index (χ4n) is 2.10. The molecule has 0 amide bonds. The van der Waals surface area contributed by atoms with Crippen LogP contribution in [0.15, 0.2) is 52.6 Å². The van der Waals surface area contributed by atoms with Gasteiger partial charge in [-0.3, -0.25) is 0 Å². The van der Waals surface area contributed by atoms with Crippen LogP contribution in [-0.2, 0) is 0 Å². The van der Waals surface area contributed by atoms with E-state index in [-0.39, 0.29) is 24.0 Å². The maximum atomic E-state index is 4.40. The smallest absolute Gasteiger partial charge is 0.214 e. The molecule has 0 aliphatic carbocycles. The lowest BCUT2D eigenvalue weighted by molar-refractivity contribution is 0.531. The van der Waals surface area contributed by atoms with Crippen molar-refractivity contribution in [2.75, 3.05) is 20.1 Å². The molecule has 20 heavy (non-hydrogen) atoms. The third-order valence-corrected chi connectivity index (χ3v) is 3.12. The summed E-state index contributed by atoms with van der Waals surface area (Å²) in [5, 5.41) is 11.8. The van der Waals surface area contributed by atoms with Crippen LogP contribution in [-0.4, -0.2) is 37.3 Å². The second-order valence-corrected chi connectivity index (χ2v) is 4.51. The molecule has 0 fully saturated rings. The lowest BCUT2D eigenvalue weighted by Gasteiger charge is -2.12. The van der Waals surface area contributed by atoms with Gasteiger partial charge in [0, 0.05) is 13.6 Å². The Morgan fingerprint density at radius 2 is 2.00 bits per heavy atom. The van der Waals surface area contributed by atoms with Gasteiger partial charge in [-0.05, 0) is 22.4 Å². The molecule has 1 heterocycles. The highest BCUT2D eigenvalue weighted by Gasteiger charge is 2.08. The molecule has 1 N–H and O–H groups in total. The van der Waals surface area contributed by atoms with Crippen LogP contribution in [0, 0.1) is 0 Å². The van der Waals surface area contributed by atoms with Crippen molar-refractivity contribution in [1.29, 1.82) is 0 Å². The van der Waals surface area contributed by atoms with Gasteiger partial charge in [0.15, 0.2) is 0 Å². The Bertz CT molecular complexity index is 651. The molecule has 3 rings (SSSR count). The van der Waals surface area contributed by atoms with Crippen molar-refractivity contribution in [3.8, 4) is 0 Å². The summed E-state index contributed by atoms with van der Waals surface area (Å²) in [6, 6.07) is 14.6. The van der Waals surface area contributed by atoms with Crippen molar-refractivity contribution in [2.24, 2.45) is 10.1 Å². The highest BCUT2D eigenvalue weighted by molar-refractivity contribution is 14.0. The van der Waals surface area contributed by atoms with E-state index in [1.54, 1.807) is 5.01 Å². The zero-order chi connectivity index (χ0) is 13.1. The first-order chi connectivity index (χ1) is 9.33. The van der Waals surface area contributed by atoms with Gasteiger partial charge >= 0.3 is 0 Å². The molecule has 2 aromatic rings. The van der Waals surface area contributed by atoms with E-state index in [1.807, 2.05) is 25.4 Å². The summed E-state index contributed by atoms with van der Waals surface area (Å²) in [5.41, 5.74) is 1.09. The summed E-state index contributed by atoms with van der Waals surface area (Å²) in [4.78, 5) is 4.32. The van der Waals surface area contributed by atoms with Gasteiger partial charge in [-0.1, -0.05) is 36.4 Å². The van der Waals surface area contributed by atoms with E-state index >= 15 is 0 Å². The molecule has 0 saturated heterocycles. The molecule has 5 heteroatoms. The van der Waals surface area contributed by atoms with Gasteiger partial charge in [-0.2, -0.15) is 5.10 Å². The maximum Gasteiger partial charge on any atom is 0.214 e. The second kappa shape index (κ2) is 6.69. The quantitative estimate of drug-likeness (QED) is 0.495. The van der Waals surface area contributed by atoms with Crippen molar-refractivity contribution in [2.45, 2.75) is 0 Å². The van der Waals surface area contributed by atoms with Crippen molar-refractivity contribution < 1.29 is 0 Å². The molecule has 0 spiro atoms. The molecule has 2 aromatic carbocycles. The first-order valence-corrected chi connectivity index (χ1v) is 6.38. The monoisotopic (exact) mass is 380 g/mol. The third kappa shape index (κ3) is 3.27. The van der Waals surface area contributed by atoms with Crippen LogP contribution < -0.4 is 5.32 Å². The van der Waals surface area contributed by atoms with E-state index in [4.69, 9.17) is 0 Å². The SMILES string of the molecule is CN(/N=C\c1ccc2ccccc2c1)C1=NCCN1.I. The number of nitrogens with one attached hydrogen (secondary N) is 1. The Balaban J connectivity index is 0.00000147. The normalized spacial score (nSPS) is 13.9. The highest BCUT2D eigenvalue weighted by atomic mass is 127. The van der Waals surface area contributed by atoms with E-state index in [2.05, 4.69) is 45.7 Å². The number of guanidine groups is 1. The third-order valence-electron chi connectivity index (χ3n) is 3.12. The predicted molar refractivity (Wildman–Crippen MR) is 95.0 cm³/mol. The number of aliphatic imine (C=N–C) groups is 1. The Morgan fingerprint density at radius 1 is 1.20 bits per heavy atom. The molecular weight excluding hydrogens is 363 g/mol. The van der Waals surface area contributed by atoms with Crippen LogP contribution in [0.25, 0.3) is 10.8 Å². The number of hydrazone groups is 1. The summed E-state index contributed by atoms with van der Waals surface area (Å²) >= 11 is 0. The highest BCUT2D eigenvalue weighted by Crippen LogP contribution is 2.14. The lowest BCUT2D eigenvalue weighted by Crippen LogP contribution is -2.32.